The van der Waals surface area contributed by atoms with Gasteiger partial charge in [-0.1, -0.05) is 53.7 Å². The summed E-state index contributed by atoms with van der Waals surface area (Å²) in [7, 11) is -0.964. The summed E-state index contributed by atoms with van der Waals surface area (Å²) < 4.78 is 17.7. The summed E-state index contributed by atoms with van der Waals surface area (Å²) in [6.45, 7) is 15.6. The monoisotopic (exact) mass is 377 g/mol. The summed E-state index contributed by atoms with van der Waals surface area (Å²) >= 11 is 0. The normalized spacial score (nSPS) is 13.2. The quantitative estimate of drug-likeness (QED) is 0.492. The SMILES string of the molecule is CO[P+](=O)c1cc(C)cp1-c1c(C(C)C)cc(C(C)C)cc1C(C)C. The van der Waals surface area contributed by atoms with Crippen LogP contribution in [0.2, 0.25) is 0 Å². The molecule has 0 aliphatic carbocycles. The van der Waals surface area contributed by atoms with E-state index in [4.69, 9.17) is 4.52 Å². The minimum Gasteiger partial charge on any atom is -0.145 e. The van der Waals surface area contributed by atoms with Crippen LogP contribution in [-0.4, -0.2) is 7.11 Å². The van der Waals surface area contributed by atoms with Crippen LogP contribution in [0.4, 0.5) is 0 Å². The third-order valence-corrected chi connectivity index (χ3v) is 8.89. The first-order chi connectivity index (χ1) is 11.7. The van der Waals surface area contributed by atoms with Gasteiger partial charge in [-0.05, 0) is 64.8 Å². The van der Waals surface area contributed by atoms with Gasteiger partial charge in [-0.25, -0.2) is 0 Å². The maximum absolute atomic E-state index is 12.5. The largest absolute Gasteiger partial charge is 0.552 e. The summed E-state index contributed by atoms with van der Waals surface area (Å²) in [6, 6.07) is 6.81. The van der Waals surface area contributed by atoms with E-state index in [0.717, 1.165) is 5.04 Å². The number of aryl methyl sites for hydroxylation is 1. The summed E-state index contributed by atoms with van der Waals surface area (Å²) in [6.07, 6.45) is 0. The Morgan fingerprint density at radius 3 is 1.84 bits per heavy atom. The smallest absolute Gasteiger partial charge is 0.145 e. The Labute approximate surface area is 154 Å². The van der Waals surface area contributed by atoms with E-state index in [0.29, 0.717) is 17.8 Å². The van der Waals surface area contributed by atoms with Gasteiger partial charge >= 0.3 is 8.03 Å². The Hall–Kier alpha value is -0.940. The third-order valence-electron chi connectivity index (χ3n) is 4.63. The van der Waals surface area contributed by atoms with Crippen LogP contribution in [-0.2, 0) is 9.09 Å². The second kappa shape index (κ2) is 8.17. The Morgan fingerprint density at radius 1 is 0.920 bits per heavy atom. The van der Waals surface area contributed by atoms with Crippen molar-refractivity contribution in [3.63, 3.8) is 0 Å². The van der Waals surface area contributed by atoms with Gasteiger partial charge in [0, 0.05) is 11.4 Å². The fourth-order valence-corrected chi connectivity index (χ4v) is 7.62. The standard InChI is InChI=1S/C21H31O2P2/c1-13(2)17-10-18(14(3)4)21(19(11-17)15(5)6)24-12-16(7)9-20(24)25(22)23-8/h9-15H,1-8H3/q+1. The van der Waals surface area contributed by atoms with Crippen LogP contribution in [0.5, 0.6) is 0 Å². The molecule has 0 aliphatic rings. The molecule has 0 saturated carbocycles. The van der Waals surface area contributed by atoms with Crippen LogP contribution in [0.25, 0.3) is 5.30 Å². The molecule has 0 spiro atoms. The molecule has 0 fully saturated rings. The first-order valence-corrected chi connectivity index (χ1v) is 11.6. The zero-order chi connectivity index (χ0) is 18.9. The molecule has 136 valence electrons. The van der Waals surface area contributed by atoms with Crippen molar-refractivity contribution in [2.24, 2.45) is 0 Å². The highest BCUT2D eigenvalue weighted by Crippen LogP contribution is 2.51. The molecule has 1 aromatic heterocycles. The van der Waals surface area contributed by atoms with E-state index in [-0.39, 0.29) is 0 Å². The van der Waals surface area contributed by atoms with Crippen molar-refractivity contribution >= 4 is 20.6 Å². The lowest BCUT2D eigenvalue weighted by Gasteiger charge is -2.22. The average molecular weight is 377 g/mol. The zero-order valence-electron chi connectivity index (χ0n) is 16.8. The lowest BCUT2D eigenvalue weighted by atomic mass is 9.89. The molecule has 2 nitrogen and oxygen atoms in total. The number of hydrogen-bond acceptors (Lipinski definition) is 2. The van der Waals surface area contributed by atoms with Crippen molar-refractivity contribution in [1.29, 1.82) is 0 Å². The lowest BCUT2D eigenvalue weighted by molar-refractivity contribution is 0.424. The molecule has 1 aromatic carbocycles. The van der Waals surface area contributed by atoms with Crippen LogP contribution in [0.1, 0.15) is 81.5 Å². The molecule has 2 unspecified atom stereocenters. The van der Waals surface area contributed by atoms with Gasteiger partial charge in [0.2, 0.25) is 5.04 Å². The van der Waals surface area contributed by atoms with Crippen molar-refractivity contribution in [2.45, 2.75) is 66.2 Å². The van der Waals surface area contributed by atoms with E-state index in [1.165, 1.54) is 34.7 Å². The molecule has 2 aromatic rings. The molecule has 2 rings (SSSR count). The molecule has 0 aliphatic heterocycles. The van der Waals surface area contributed by atoms with Crippen molar-refractivity contribution in [3.8, 4) is 5.30 Å². The maximum Gasteiger partial charge on any atom is 0.552 e. The second-order valence-corrected chi connectivity index (χ2v) is 11.3. The van der Waals surface area contributed by atoms with E-state index >= 15 is 0 Å². The molecule has 2 atom stereocenters. The van der Waals surface area contributed by atoms with Crippen molar-refractivity contribution in [3.05, 3.63) is 46.3 Å². The van der Waals surface area contributed by atoms with Gasteiger partial charge in [0.1, 0.15) is 0 Å². The minimum absolute atomic E-state index is 0.435. The van der Waals surface area contributed by atoms with E-state index in [1.807, 2.05) is 0 Å². The lowest BCUT2D eigenvalue weighted by Crippen LogP contribution is -2.03. The fourth-order valence-electron chi connectivity index (χ4n) is 3.19. The molecule has 25 heavy (non-hydrogen) atoms. The van der Waals surface area contributed by atoms with Crippen LogP contribution < -0.4 is 5.04 Å². The molecular weight excluding hydrogens is 346 g/mol. The van der Waals surface area contributed by atoms with Crippen molar-refractivity contribution < 1.29 is 9.09 Å². The predicted octanol–water partition coefficient (Wildman–Crippen LogP) is 7.36. The van der Waals surface area contributed by atoms with E-state index in [1.54, 1.807) is 0 Å². The van der Waals surface area contributed by atoms with Crippen molar-refractivity contribution in [2.75, 3.05) is 7.11 Å². The summed E-state index contributed by atoms with van der Waals surface area (Å²) in [5.41, 5.74) is 5.39. The summed E-state index contributed by atoms with van der Waals surface area (Å²) in [4.78, 5) is 0. The maximum atomic E-state index is 12.5. The Kier molecular flexibility index (Phi) is 6.66. The number of rotatable bonds is 6. The molecule has 0 saturated heterocycles. The Bertz CT molecular complexity index is 741. The molecule has 1 heterocycles. The molecule has 0 bridgehead atoms. The molecule has 0 N–H and O–H groups in total. The highest BCUT2D eigenvalue weighted by molar-refractivity contribution is 7.74. The molecular formula is C21H31O2P2+. The highest BCUT2D eigenvalue weighted by Gasteiger charge is 2.30. The highest BCUT2D eigenvalue weighted by atomic mass is 31.2. The second-order valence-electron chi connectivity index (χ2n) is 7.70. The van der Waals surface area contributed by atoms with Gasteiger partial charge in [-0.15, -0.1) is 4.52 Å². The van der Waals surface area contributed by atoms with E-state index in [2.05, 4.69) is 72.5 Å². The molecule has 0 radical (unpaired) electrons. The van der Waals surface area contributed by atoms with Gasteiger partial charge < -0.3 is 0 Å². The molecule has 0 amide bonds. The van der Waals surface area contributed by atoms with Gasteiger partial charge in [0.05, 0.1) is 7.11 Å². The van der Waals surface area contributed by atoms with Crippen LogP contribution in [0.3, 0.4) is 0 Å². The fraction of sp³-hybridized carbons (Fsp3) is 0.524. The van der Waals surface area contributed by atoms with Gasteiger partial charge in [0.15, 0.2) is 0 Å². The molecule has 4 heteroatoms. The predicted molar refractivity (Wildman–Crippen MR) is 112 cm³/mol. The van der Waals surface area contributed by atoms with Crippen molar-refractivity contribution in [1.82, 2.24) is 0 Å². The number of hydrogen-bond donors (Lipinski definition) is 0. The zero-order valence-corrected chi connectivity index (χ0v) is 18.5. The van der Waals surface area contributed by atoms with Gasteiger partial charge in [0.25, 0.3) is 0 Å². The summed E-state index contributed by atoms with van der Waals surface area (Å²) in [5, 5.41) is 2.36. The first kappa shape index (κ1) is 20.4. The average Bonchev–Trinajstić information content (AvgIpc) is 2.93. The van der Waals surface area contributed by atoms with Crippen LogP contribution in [0.15, 0.2) is 24.0 Å². The van der Waals surface area contributed by atoms with Crippen LogP contribution in [0, 0.1) is 6.92 Å². The Morgan fingerprint density at radius 2 is 1.44 bits per heavy atom. The van der Waals surface area contributed by atoms with Crippen LogP contribution >= 0.6 is 15.6 Å². The third kappa shape index (κ3) is 4.25. The van der Waals surface area contributed by atoms with E-state index < -0.39 is 15.6 Å². The minimum atomic E-state index is -1.76. The van der Waals surface area contributed by atoms with Gasteiger partial charge in [-0.3, -0.25) is 0 Å². The first-order valence-electron chi connectivity index (χ1n) is 9.05. The van der Waals surface area contributed by atoms with Gasteiger partial charge in [-0.2, -0.15) is 0 Å². The summed E-state index contributed by atoms with van der Waals surface area (Å²) in [5.74, 6) is 3.68. The number of benzene rings is 1. The van der Waals surface area contributed by atoms with E-state index in [9.17, 15) is 4.57 Å². The Balaban J connectivity index is 2.87. The topological polar surface area (TPSA) is 26.3 Å².